The van der Waals surface area contributed by atoms with Crippen molar-refractivity contribution in [3.05, 3.63) is 47.9 Å². The largest absolute Gasteiger partial charge is 0.368 e. The molecule has 1 aliphatic rings. The maximum absolute atomic E-state index is 13.1. The van der Waals surface area contributed by atoms with E-state index in [0.717, 1.165) is 18.8 Å². The Hall–Kier alpha value is -2.74. The van der Waals surface area contributed by atoms with Gasteiger partial charge in [-0.25, -0.2) is 4.39 Å². The highest BCUT2D eigenvalue weighted by Gasteiger charge is 2.23. The molecule has 2 heterocycles. The molecule has 0 aliphatic carbocycles. The molecule has 1 aromatic carbocycles. The van der Waals surface area contributed by atoms with Crippen LogP contribution in [0.2, 0.25) is 0 Å². The Morgan fingerprint density at radius 2 is 1.78 bits per heavy atom. The van der Waals surface area contributed by atoms with E-state index in [1.54, 1.807) is 29.2 Å². The Bertz CT molecular complexity index is 742. The molecule has 0 spiro atoms. The average Bonchev–Trinajstić information content (AvgIpc) is 2.68. The van der Waals surface area contributed by atoms with Crippen LogP contribution in [0, 0.1) is 5.82 Å². The molecule has 0 unspecified atom stereocenters. The van der Waals surface area contributed by atoms with Crippen molar-refractivity contribution in [2.24, 2.45) is 0 Å². The number of rotatable bonds is 6. The molecule has 1 N–H and O–H groups in total. The van der Waals surface area contributed by atoms with Crippen molar-refractivity contribution in [3.63, 3.8) is 0 Å². The summed E-state index contributed by atoms with van der Waals surface area (Å²) in [6, 6.07) is 9.93. The third-order valence-corrected chi connectivity index (χ3v) is 4.51. The molecule has 0 saturated carbocycles. The van der Waals surface area contributed by atoms with Crippen LogP contribution in [0.1, 0.15) is 10.5 Å². The lowest BCUT2D eigenvalue weighted by Crippen LogP contribution is -2.49. The number of carbonyl (C=O) groups is 1. The van der Waals surface area contributed by atoms with Crippen LogP contribution in [0.5, 0.6) is 0 Å². The minimum Gasteiger partial charge on any atom is -0.368 e. The number of anilines is 2. The topological polar surface area (TPSA) is 64.6 Å². The molecule has 3 rings (SSSR count). The summed E-state index contributed by atoms with van der Waals surface area (Å²) in [5, 5.41) is 11.3. The summed E-state index contributed by atoms with van der Waals surface area (Å²) in [5.41, 5.74) is 1.32. The molecular formula is C19H25FN6O. The first-order valence-corrected chi connectivity index (χ1v) is 9.05. The quantitative estimate of drug-likeness (QED) is 0.830. The van der Waals surface area contributed by atoms with Crippen molar-refractivity contribution in [2.75, 3.05) is 63.6 Å². The minimum absolute atomic E-state index is 0.110. The lowest BCUT2D eigenvalue weighted by molar-refractivity contribution is 0.0739. The van der Waals surface area contributed by atoms with Gasteiger partial charge >= 0.3 is 0 Å². The predicted molar refractivity (Wildman–Crippen MR) is 104 cm³/mol. The van der Waals surface area contributed by atoms with Gasteiger partial charge in [0, 0.05) is 45.0 Å². The van der Waals surface area contributed by atoms with Crippen molar-refractivity contribution < 1.29 is 9.18 Å². The van der Waals surface area contributed by atoms with Crippen LogP contribution in [0.15, 0.2) is 36.4 Å². The molecule has 1 saturated heterocycles. The summed E-state index contributed by atoms with van der Waals surface area (Å²) in [5.74, 6) is 0.307. The lowest BCUT2D eigenvalue weighted by Gasteiger charge is -2.35. The van der Waals surface area contributed by atoms with E-state index in [4.69, 9.17) is 0 Å². The highest BCUT2D eigenvalue weighted by molar-refractivity contribution is 5.92. The predicted octanol–water partition coefficient (Wildman–Crippen LogP) is 1.55. The first-order valence-electron chi connectivity index (χ1n) is 9.05. The number of nitrogens with one attached hydrogen (secondary N) is 1. The zero-order valence-electron chi connectivity index (χ0n) is 15.7. The number of halogens is 1. The van der Waals surface area contributed by atoms with E-state index in [-0.39, 0.29) is 11.7 Å². The maximum atomic E-state index is 13.1. The fourth-order valence-corrected chi connectivity index (χ4v) is 2.93. The lowest BCUT2D eigenvalue weighted by atomic mass is 10.2. The SMILES string of the molecule is CN(C)CCNc1ccc(C(=O)N2CCN(c3ccc(F)cc3)CC2)nn1. The summed E-state index contributed by atoms with van der Waals surface area (Å²) in [6.45, 7) is 4.26. The first kappa shape index (κ1) is 19.0. The fraction of sp³-hybridized carbons (Fsp3) is 0.421. The Labute approximate surface area is 158 Å². The Morgan fingerprint density at radius 3 is 2.37 bits per heavy atom. The van der Waals surface area contributed by atoms with E-state index >= 15 is 0 Å². The minimum atomic E-state index is -0.245. The van der Waals surface area contributed by atoms with Crippen molar-refractivity contribution in [2.45, 2.75) is 0 Å². The Morgan fingerprint density at radius 1 is 1.07 bits per heavy atom. The summed E-state index contributed by atoms with van der Waals surface area (Å²) in [4.78, 5) is 18.6. The number of piperazine rings is 1. The van der Waals surface area contributed by atoms with Gasteiger partial charge in [-0.3, -0.25) is 4.79 Å². The smallest absolute Gasteiger partial charge is 0.274 e. The highest BCUT2D eigenvalue weighted by atomic mass is 19.1. The van der Waals surface area contributed by atoms with E-state index in [1.165, 1.54) is 12.1 Å². The monoisotopic (exact) mass is 372 g/mol. The van der Waals surface area contributed by atoms with Crippen LogP contribution in [0.25, 0.3) is 0 Å². The Kier molecular flexibility index (Phi) is 6.18. The summed E-state index contributed by atoms with van der Waals surface area (Å²) >= 11 is 0. The van der Waals surface area contributed by atoms with Gasteiger partial charge in [0.15, 0.2) is 5.69 Å². The zero-order valence-corrected chi connectivity index (χ0v) is 15.7. The number of hydrogen-bond acceptors (Lipinski definition) is 6. The Balaban J connectivity index is 1.52. The highest BCUT2D eigenvalue weighted by Crippen LogP contribution is 2.17. The van der Waals surface area contributed by atoms with Crippen LogP contribution in [0.4, 0.5) is 15.9 Å². The molecule has 0 bridgehead atoms. The van der Waals surface area contributed by atoms with Crippen LogP contribution in [-0.2, 0) is 0 Å². The summed E-state index contributed by atoms with van der Waals surface area (Å²) < 4.78 is 13.1. The van der Waals surface area contributed by atoms with Gasteiger partial charge in [-0.05, 0) is 50.5 Å². The van der Waals surface area contributed by atoms with Gasteiger partial charge in [0.2, 0.25) is 0 Å². The zero-order chi connectivity index (χ0) is 19.2. The van der Waals surface area contributed by atoms with Crippen molar-refractivity contribution in [1.29, 1.82) is 0 Å². The summed E-state index contributed by atoms with van der Waals surface area (Å²) in [6.07, 6.45) is 0. The second-order valence-electron chi connectivity index (χ2n) is 6.79. The fourth-order valence-electron chi connectivity index (χ4n) is 2.93. The first-order chi connectivity index (χ1) is 13.0. The van der Waals surface area contributed by atoms with Gasteiger partial charge in [0.05, 0.1) is 0 Å². The van der Waals surface area contributed by atoms with Gasteiger partial charge in [-0.2, -0.15) is 0 Å². The van der Waals surface area contributed by atoms with E-state index in [0.29, 0.717) is 37.7 Å². The van der Waals surface area contributed by atoms with E-state index in [1.807, 2.05) is 14.1 Å². The number of benzene rings is 1. The van der Waals surface area contributed by atoms with Gasteiger partial charge in [-0.1, -0.05) is 0 Å². The molecule has 1 amide bonds. The maximum Gasteiger partial charge on any atom is 0.274 e. The van der Waals surface area contributed by atoms with Crippen LogP contribution >= 0.6 is 0 Å². The molecule has 27 heavy (non-hydrogen) atoms. The summed E-state index contributed by atoms with van der Waals surface area (Å²) in [7, 11) is 4.01. The van der Waals surface area contributed by atoms with Gasteiger partial charge < -0.3 is 20.0 Å². The van der Waals surface area contributed by atoms with Crippen molar-refractivity contribution in [3.8, 4) is 0 Å². The van der Waals surface area contributed by atoms with E-state index in [9.17, 15) is 9.18 Å². The number of aromatic nitrogens is 2. The molecule has 1 fully saturated rings. The third-order valence-electron chi connectivity index (χ3n) is 4.51. The second kappa shape index (κ2) is 8.77. The molecular weight excluding hydrogens is 347 g/mol. The molecule has 1 aromatic heterocycles. The normalized spacial score (nSPS) is 14.5. The number of amides is 1. The number of nitrogens with zero attached hydrogens (tertiary/aromatic N) is 5. The second-order valence-corrected chi connectivity index (χ2v) is 6.79. The van der Waals surface area contributed by atoms with Crippen molar-refractivity contribution in [1.82, 2.24) is 20.0 Å². The van der Waals surface area contributed by atoms with Crippen LogP contribution < -0.4 is 10.2 Å². The van der Waals surface area contributed by atoms with Crippen LogP contribution in [0.3, 0.4) is 0 Å². The third kappa shape index (κ3) is 5.13. The molecule has 2 aromatic rings. The average molecular weight is 372 g/mol. The number of carbonyl (C=O) groups excluding carboxylic acids is 1. The number of hydrogen-bond donors (Lipinski definition) is 1. The standard InChI is InChI=1S/C19H25FN6O/c1-24(2)10-9-21-18-8-7-17(22-23-18)19(27)26-13-11-25(12-14-26)16-5-3-15(20)4-6-16/h3-8H,9-14H2,1-2H3,(H,21,23). The molecule has 0 radical (unpaired) electrons. The van der Waals surface area contributed by atoms with E-state index < -0.39 is 0 Å². The van der Waals surface area contributed by atoms with Gasteiger partial charge in [-0.15, -0.1) is 10.2 Å². The van der Waals surface area contributed by atoms with Gasteiger partial charge in [0.1, 0.15) is 11.6 Å². The molecule has 0 atom stereocenters. The number of likely N-dealkylation sites (N-methyl/N-ethyl adjacent to an activating group) is 1. The molecule has 8 heteroatoms. The molecule has 7 nitrogen and oxygen atoms in total. The van der Waals surface area contributed by atoms with E-state index in [2.05, 4.69) is 25.3 Å². The molecule has 144 valence electrons. The van der Waals surface area contributed by atoms with Gasteiger partial charge in [0.25, 0.3) is 5.91 Å². The van der Waals surface area contributed by atoms with Crippen molar-refractivity contribution >= 4 is 17.4 Å². The molecule has 1 aliphatic heterocycles. The van der Waals surface area contributed by atoms with Crippen LogP contribution in [-0.4, -0.2) is 79.3 Å².